The van der Waals surface area contributed by atoms with E-state index in [0.29, 0.717) is 17.5 Å². The molecule has 2 atom stereocenters. The SMILES string of the molecule is COc1ccc(CC(CNC(=O)CC(c2cccnc2)C2(C(F)(F)F)CC2)N(C)C)c(Cl)c1F. The third-order valence-electron chi connectivity index (χ3n) is 6.56. The van der Waals surface area contributed by atoms with Crippen molar-refractivity contribution in [3.05, 3.63) is 58.6 Å². The Bertz CT molecular complexity index is 998. The van der Waals surface area contributed by atoms with Crippen LogP contribution in [-0.4, -0.2) is 55.8 Å². The first-order valence-corrected chi connectivity index (χ1v) is 11.3. The van der Waals surface area contributed by atoms with Gasteiger partial charge in [0, 0.05) is 37.3 Å². The second-order valence-electron chi connectivity index (χ2n) is 8.88. The molecule has 2 aromatic rings. The van der Waals surface area contributed by atoms with Gasteiger partial charge in [-0.15, -0.1) is 0 Å². The average molecular weight is 502 g/mol. The first-order valence-electron chi connectivity index (χ1n) is 10.9. The number of carbonyl (C=O) groups excluding carboxylic acids is 1. The molecule has 0 aliphatic heterocycles. The van der Waals surface area contributed by atoms with Crippen molar-refractivity contribution in [1.82, 2.24) is 15.2 Å². The molecule has 1 amide bonds. The Kier molecular flexibility index (Phi) is 8.08. The normalized spacial score (nSPS) is 16.7. The van der Waals surface area contributed by atoms with Crippen LogP contribution in [0.4, 0.5) is 17.6 Å². The van der Waals surface area contributed by atoms with Gasteiger partial charge in [-0.3, -0.25) is 9.78 Å². The van der Waals surface area contributed by atoms with E-state index in [2.05, 4.69) is 10.3 Å². The molecule has 34 heavy (non-hydrogen) atoms. The summed E-state index contributed by atoms with van der Waals surface area (Å²) < 4.78 is 60.8. The molecule has 0 radical (unpaired) electrons. The number of methoxy groups -OCH3 is 1. The molecule has 1 aromatic carbocycles. The highest BCUT2D eigenvalue weighted by molar-refractivity contribution is 6.31. The van der Waals surface area contributed by atoms with Crippen molar-refractivity contribution in [2.24, 2.45) is 5.41 Å². The summed E-state index contributed by atoms with van der Waals surface area (Å²) in [6.07, 6.45) is -1.52. The number of amides is 1. The van der Waals surface area contributed by atoms with E-state index in [9.17, 15) is 22.4 Å². The molecule has 2 unspecified atom stereocenters. The first-order chi connectivity index (χ1) is 16.0. The maximum absolute atomic E-state index is 14.3. The minimum Gasteiger partial charge on any atom is -0.494 e. The first kappa shape index (κ1) is 26.2. The molecule has 5 nitrogen and oxygen atoms in total. The van der Waals surface area contributed by atoms with Gasteiger partial charge in [0.05, 0.1) is 17.5 Å². The van der Waals surface area contributed by atoms with Crippen LogP contribution in [0.25, 0.3) is 0 Å². The Balaban J connectivity index is 1.70. The number of pyridine rings is 1. The van der Waals surface area contributed by atoms with Crippen LogP contribution in [0.3, 0.4) is 0 Å². The number of nitrogens with one attached hydrogen (secondary N) is 1. The monoisotopic (exact) mass is 501 g/mol. The number of alkyl halides is 3. The predicted molar refractivity (Wildman–Crippen MR) is 121 cm³/mol. The number of aromatic nitrogens is 1. The van der Waals surface area contributed by atoms with Crippen LogP contribution in [0.5, 0.6) is 5.75 Å². The van der Waals surface area contributed by atoms with Crippen LogP contribution < -0.4 is 10.1 Å². The molecule has 1 aromatic heterocycles. The summed E-state index contributed by atoms with van der Waals surface area (Å²) >= 11 is 6.15. The van der Waals surface area contributed by atoms with Gasteiger partial charge in [-0.2, -0.15) is 13.2 Å². The highest BCUT2D eigenvalue weighted by Crippen LogP contribution is 2.66. The summed E-state index contributed by atoms with van der Waals surface area (Å²) in [4.78, 5) is 18.6. The second-order valence-corrected chi connectivity index (χ2v) is 9.26. The van der Waals surface area contributed by atoms with E-state index in [4.69, 9.17) is 16.3 Å². The van der Waals surface area contributed by atoms with Crippen molar-refractivity contribution in [1.29, 1.82) is 0 Å². The van der Waals surface area contributed by atoms with Gasteiger partial charge in [0.25, 0.3) is 0 Å². The van der Waals surface area contributed by atoms with E-state index in [1.165, 1.54) is 25.6 Å². The molecule has 1 fully saturated rings. The standard InChI is InChI=1S/C24H28ClF4N3O2/c1-32(2)17(11-15-6-7-19(34-3)22(26)21(15)25)14-31-20(33)12-18(16-5-4-10-30-13-16)23(8-9-23)24(27,28)29/h4-7,10,13,17-18H,8-9,11-12,14H2,1-3H3,(H,31,33). The highest BCUT2D eigenvalue weighted by atomic mass is 35.5. The summed E-state index contributed by atoms with van der Waals surface area (Å²) in [6.45, 7) is 0.161. The molecule has 1 saturated carbocycles. The number of rotatable bonds is 10. The largest absolute Gasteiger partial charge is 0.494 e. The van der Waals surface area contributed by atoms with Gasteiger partial charge in [0.15, 0.2) is 11.6 Å². The quantitative estimate of drug-likeness (QED) is 0.466. The number of hydrogen-bond acceptors (Lipinski definition) is 4. The average Bonchev–Trinajstić information content (AvgIpc) is 3.60. The maximum atomic E-state index is 14.3. The van der Waals surface area contributed by atoms with Crippen molar-refractivity contribution >= 4 is 17.5 Å². The van der Waals surface area contributed by atoms with Crippen LogP contribution >= 0.6 is 11.6 Å². The lowest BCUT2D eigenvalue weighted by Crippen LogP contribution is -2.42. The van der Waals surface area contributed by atoms with E-state index in [1.54, 1.807) is 32.3 Å². The number of benzene rings is 1. The summed E-state index contributed by atoms with van der Waals surface area (Å²) in [6, 6.07) is 6.03. The Labute approximate surface area is 201 Å². The summed E-state index contributed by atoms with van der Waals surface area (Å²) in [5.74, 6) is -2.12. The molecule has 3 rings (SSSR count). The number of carbonyl (C=O) groups is 1. The Morgan fingerprint density at radius 3 is 2.53 bits per heavy atom. The maximum Gasteiger partial charge on any atom is 0.395 e. The lowest BCUT2D eigenvalue weighted by atomic mass is 9.80. The highest BCUT2D eigenvalue weighted by Gasteiger charge is 2.67. The molecule has 1 heterocycles. The Morgan fingerprint density at radius 1 is 1.29 bits per heavy atom. The van der Waals surface area contributed by atoms with Crippen LogP contribution in [0.2, 0.25) is 5.02 Å². The number of halogens is 5. The lowest BCUT2D eigenvalue weighted by Gasteiger charge is -2.30. The third kappa shape index (κ3) is 5.63. The molecule has 1 aliphatic carbocycles. The summed E-state index contributed by atoms with van der Waals surface area (Å²) in [7, 11) is 4.94. The van der Waals surface area contributed by atoms with Crippen LogP contribution in [0, 0.1) is 11.2 Å². The van der Waals surface area contributed by atoms with Gasteiger partial charge < -0.3 is 15.0 Å². The van der Waals surface area contributed by atoms with Crippen molar-refractivity contribution in [3.8, 4) is 5.75 Å². The molecule has 0 saturated heterocycles. The molecular weight excluding hydrogens is 474 g/mol. The fraction of sp³-hybridized carbons (Fsp3) is 0.500. The summed E-state index contributed by atoms with van der Waals surface area (Å²) in [5.41, 5.74) is -0.963. The van der Waals surface area contributed by atoms with Gasteiger partial charge >= 0.3 is 6.18 Å². The van der Waals surface area contributed by atoms with Gasteiger partial charge in [-0.05, 0) is 56.6 Å². The van der Waals surface area contributed by atoms with E-state index >= 15 is 0 Å². The Hall–Kier alpha value is -2.39. The number of ether oxygens (including phenoxy) is 1. The molecule has 10 heteroatoms. The third-order valence-corrected chi connectivity index (χ3v) is 6.97. The zero-order valence-electron chi connectivity index (χ0n) is 19.3. The zero-order chi connectivity index (χ0) is 25.1. The molecular formula is C24H28ClF4N3O2. The van der Waals surface area contributed by atoms with Gasteiger partial charge in [0.1, 0.15) is 0 Å². The van der Waals surface area contributed by atoms with Crippen LogP contribution in [-0.2, 0) is 11.2 Å². The van der Waals surface area contributed by atoms with Crippen molar-refractivity contribution in [2.75, 3.05) is 27.7 Å². The fourth-order valence-electron chi connectivity index (χ4n) is 4.25. The van der Waals surface area contributed by atoms with Gasteiger partial charge in [0.2, 0.25) is 5.91 Å². The number of likely N-dealkylation sites (N-methyl/N-ethyl adjacent to an activating group) is 1. The lowest BCUT2D eigenvalue weighted by molar-refractivity contribution is -0.194. The Morgan fingerprint density at radius 2 is 2.00 bits per heavy atom. The number of nitrogens with zero attached hydrogens (tertiary/aromatic N) is 2. The summed E-state index contributed by atoms with van der Waals surface area (Å²) in [5, 5.41) is 2.70. The van der Waals surface area contributed by atoms with Crippen LogP contribution in [0.15, 0.2) is 36.7 Å². The topological polar surface area (TPSA) is 54.5 Å². The molecule has 0 spiro atoms. The second kappa shape index (κ2) is 10.5. The molecule has 186 valence electrons. The minimum absolute atomic E-state index is 0.00873. The fourth-order valence-corrected chi connectivity index (χ4v) is 4.48. The van der Waals surface area contributed by atoms with E-state index < -0.39 is 29.2 Å². The van der Waals surface area contributed by atoms with E-state index in [1.807, 2.05) is 4.90 Å². The van der Waals surface area contributed by atoms with Crippen LogP contribution in [0.1, 0.15) is 36.3 Å². The van der Waals surface area contributed by atoms with Crippen molar-refractivity contribution in [2.45, 2.75) is 43.8 Å². The number of hydrogen-bond donors (Lipinski definition) is 1. The molecule has 0 bridgehead atoms. The molecule has 1 N–H and O–H groups in total. The van der Waals surface area contributed by atoms with Crippen molar-refractivity contribution in [3.63, 3.8) is 0 Å². The minimum atomic E-state index is -4.41. The van der Waals surface area contributed by atoms with Gasteiger partial charge in [-0.25, -0.2) is 4.39 Å². The molecule has 1 aliphatic rings. The zero-order valence-corrected chi connectivity index (χ0v) is 20.0. The van der Waals surface area contributed by atoms with Crippen molar-refractivity contribution < 1.29 is 27.1 Å². The smallest absolute Gasteiger partial charge is 0.395 e. The van der Waals surface area contributed by atoms with E-state index in [-0.39, 0.29) is 42.6 Å². The van der Waals surface area contributed by atoms with E-state index in [0.717, 1.165) is 0 Å². The predicted octanol–water partition coefficient (Wildman–Crippen LogP) is 4.99. The van der Waals surface area contributed by atoms with Gasteiger partial charge in [-0.1, -0.05) is 23.7 Å².